The third-order valence-electron chi connectivity index (χ3n) is 2.87. The van der Waals surface area contributed by atoms with Gasteiger partial charge < -0.3 is 10.5 Å². The van der Waals surface area contributed by atoms with E-state index < -0.39 is 5.54 Å². The van der Waals surface area contributed by atoms with Crippen molar-refractivity contribution >= 4 is 5.97 Å². The summed E-state index contributed by atoms with van der Waals surface area (Å²) in [6.45, 7) is 2.15. The number of carbonyl (C=O) groups excluding carboxylic acids is 1. The molecule has 2 N–H and O–H groups in total. The molecule has 2 atom stereocenters. The normalized spacial score (nSPS) is 35.2. The van der Waals surface area contributed by atoms with E-state index in [2.05, 4.69) is 6.92 Å². The van der Waals surface area contributed by atoms with Gasteiger partial charge in [-0.2, -0.15) is 0 Å². The number of esters is 1. The predicted molar refractivity (Wildman–Crippen MR) is 51.2 cm³/mol. The van der Waals surface area contributed by atoms with Crippen LogP contribution in [0.25, 0.3) is 0 Å². The third-order valence-corrected chi connectivity index (χ3v) is 2.87. The van der Waals surface area contributed by atoms with Crippen LogP contribution in [0, 0.1) is 5.92 Å². The first-order valence-electron chi connectivity index (χ1n) is 4.96. The lowest BCUT2D eigenvalue weighted by Crippen LogP contribution is -2.49. The van der Waals surface area contributed by atoms with Crippen molar-refractivity contribution in [2.45, 2.75) is 44.6 Å². The van der Waals surface area contributed by atoms with Gasteiger partial charge in [-0.05, 0) is 18.8 Å². The number of nitrogens with two attached hydrogens (primary N) is 1. The third kappa shape index (κ3) is 2.44. The van der Waals surface area contributed by atoms with Gasteiger partial charge in [0.05, 0.1) is 7.11 Å². The van der Waals surface area contributed by atoms with Gasteiger partial charge in [0.2, 0.25) is 0 Å². The minimum absolute atomic E-state index is 0.249. The molecule has 0 radical (unpaired) electrons. The molecule has 1 aliphatic carbocycles. The second kappa shape index (κ2) is 4.09. The van der Waals surface area contributed by atoms with Crippen LogP contribution in [-0.2, 0) is 9.53 Å². The van der Waals surface area contributed by atoms with Crippen LogP contribution in [0.1, 0.15) is 39.0 Å². The zero-order valence-electron chi connectivity index (χ0n) is 8.51. The van der Waals surface area contributed by atoms with Gasteiger partial charge in [-0.25, -0.2) is 0 Å². The van der Waals surface area contributed by atoms with Crippen LogP contribution in [0.3, 0.4) is 0 Å². The van der Waals surface area contributed by atoms with E-state index in [4.69, 9.17) is 10.5 Å². The number of ether oxygens (including phenoxy) is 1. The van der Waals surface area contributed by atoms with Crippen LogP contribution < -0.4 is 5.73 Å². The van der Waals surface area contributed by atoms with Crippen molar-refractivity contribution in [3.63, 3.8) is 0 Å². The minimum Gasteiger partial charge on any atom is -0.468 e. The highest BCUT2D eigenvalue weighted by molar-refractivity contribution is 5.80. The molecule has 3 heteroatoms. The summed E-state index contributed by atoms with van der Waals surface area (Å²) < 4.78 is 4.73. The minimum atomic E-state index is -0.718. The molecule has 3 nitrogen and oxygen atoms in total. The molecule has 13 heavy (non-hydrogen) atoms. The van der Waals surface area contributed by atoms with Gasteiger partial charge in [0.25, 0.3) is 0 Å². The molecule has 0 saturated heterocycles. The lowest BCUT2D eigenvalue weighted by atomic mass is 9.87. The number of rotatable bonds is 1. The number of carbonyl (C=O) groups is 1. The summed E-state index contributed by atoms with van der Waals surface area (Å²) in [6, 6.07) is 0. The van der Waals surface area contributed by atoms with Gasteiger partial charge in [-0.3, -0.25) is 4.79 Å². The average molecular weight is 185 g/mol. The Balaban J connectivity index is 2.68. The fourth-order valence-corrected chi connectivity index (χ4v) is 2.15. The van der Waals surface area contributed by atoms with Gasteiger partial charge in [-0.1, -0.05) is 26.2 Å². The van der Waals surface area contributed by atoms with Crippen molar-refractivity contribution in [3.8, 4) is 0 Å². The van der Waals surface area contributed by atoms with Crippen LogP contribution in [-0.4, -0.2) is 18.6 Å². The second-order valence-electron chi connectivity index (χ2n) is 4.20. The van der Waals surface area contributed by atoms with E-state index in [-0.39, 0.29) is 5.97 Å². The summed E-state index contributed by atoms with van der Waals surface area (Å²) >= 11 is 0. The van der Waals surface area contributed by atoms with Crippen molar-refractivity contribution in [3.05, 3.63) is 0 Å². The quantitative estimate of drug-likeness (QED) is 0.497. The van der Waals surface area contributed by atoms with Gasteiger partial charge in [-0.15, -0.1) is 0 Å². The molecule has 1 rings (SSSR count). The molecule has 0 aliphatic heterocycles. The molecule has 1 aliphatic rings. The molecule has 0 aromatic heterocycles. The first-order valence-corrected chi connectivity index (χ1v) is 4.96. The van der Waals surface area contributed by atoms with E-state index in [9.17, 15) is 4.79 Å². The maximum absolute atomic E-state index is 11.4. The van der Waals surface area contributed by atoms with E-state index in [1.165, 1.54) is 20.0 Å². The first kappa shape index (κ1) is 10.5. The zero-order valence-corrected chi connectivity index (χ0v) is 8.51. The van der Waals surface area contributed by atoms with Crippen LogP contribution in [0.4, 0.5) is 0 Å². The highest BCUT2D eigenvalue weighted by atomic mass is 16.5. The van der Waals surface area contributed by atoms with Gasteiger partial charge in [0.15, 0.2) is 0 Å². The number of methoxy groups -OCH3 is 1. The van der Waals surface area contributed by atoms with Gasteiger partial charge >= 0.3 is 5.97 Å². The summed E-state index contributed by atoms with van der Waals surface area (Å²) in [5, 5.41) is 0. The Morgan fingerprint density at radius 1 is 1.54 bits per heavy atom. The fourth-order valence-electron chi connectivity index (χ4n) is 2.15. The number of hydrogen-bond donors (Lipinski definition) is 1. The van der Waals surface area contributed by atoms with Crippen molar-refractivity contribution in [1.29, 1.82) is 0 Å². The lowest BCUT2D eigenvalue weighted by molar-refractivity contribution is -0.147. The van der Waals surface area contributed by atoms with Crippen molar-refractivity contribution < 1.29 is 9.53 Å². The molecule has 76 valence electrons. The summed E-state index contributed by atoms with van der Waals surface area (Å²) in [5.41, 5.74) is 5.31. The molecular formula is C10H19NO2. The Morgan fingerprint density at radius 3 is 2.85 bits per heavy atom. The SMILES string of the molecule is COC(=O)[C@@]1(N)CCCC[C@H](C)C1. The molecule has 0 bridgehead atoms. The zero-order chi connectivity index (χ0) is 9.90. The van der Waals surface area contributed by atoms with E-state index in [0.717, 1.165) is 19.3 Å². The fraction of sp³-hybridized carbons (Fsp3) is 0.900. The molecule has 0 spiro atoms. The van der Waals surface area contributed by atoms with Crippen LogP contribution in [0.15, 0.2) is 0 Å². The van der Waals surface area contributed by atoms with E-state index >= 15 is 0 Å². The highest BCUT2D eigenvalue weighted by Gasteiger charge is 2.37. The molecule has 1 fully saturated rings. The van der Waals surface area contributed by atoms with Crippen molar-refractivity contribution in [2.24, 2.45) is 11.7 Å². The standard InChI is InChI=1S/C10H19NO2/c1-8-5-3-4-6-10(11,7-8)9(12)13-2/h8H,3-7,11H2,1-2H3/t8-,10+/m0/s1. The molecule has 0 aromatic carbocycles. The van der Waals surface area contributed by atoms with Crippen LogP contribution >= 0.6 is 0 Å². The van der Waals surface area contributed by atoms with Gasteiger partial charge in [0.1, 0.15) is 5.54 Å². The van der Waals surface area contributed by atoms with E-state index in [1.54, 1.807) is 0 Å². The lowest BCUT2D eigenvalue weighted by Gasteiger charge is -2.26. The smallest absolute Gasteiger partial charge is 0.325 e. The molecule has 0 amide bonds. The Labute approximate surface area is 79.6 Å². The molecule has 0 heterocycles. The molecule has 0 unspecified atom stereocenters. The summed E-state index contributed by atoms with van der Waals surface area (Å²) in [6.07, 6.45) is 4.92. The predicted octanol–water partition coefficient (Wildman–Crippen LogP) is 1.46. The molecule has 1 saturated carbocycles. The Hall–Kier alpha value is -0.570. The summed E-state index contributed by atoms with van der Waals surface area (Å²) in [5.74, 6) is 0.285. The van der Waals surface area contributed by atoms with Crippen molar-refractivity contribution in [2.75, 3.05) is 7.11 Å². The van der Waals surface area contributed by atoms with E-state index in [1.807, 2.05) is 0 Å². The maximum Gasteiger partial charge on any atom is 0.325 e. The van der Waals surface area contributed by atoms with Crippen LogP contribution in [0.2, 0.25) is 0 Å². The highest BCUT2D eigenvalue weighted by Crippen LogP contribution is 2.29. The Morgan fingerprint density at radius 2 is 2.23 bits per heavy atom. The topological polar surface area (TPSA) is 52.3 Å². The van der Waals surface area contributed by atoms with E-state index in [0.29, 0.717) is 5.92 Å². The Kier molecular flexibility index (Phi) is 3.31. The molecule has 0 aromatic rings. The number of hydrogen-bond acceptors (Lipinski definition) is 3. The van der Waals surface area contributed by atoms with Gasteiger partial charge in [0, 0.05) is 0 Å². The largest absolute Gasteiger partial charge is 0.468 e. The summed E-state index contributed by atoms with van der Waals surface area (Å²) in [7, 11) is 1.41. The second-order valence-corrected chi connectivity index (χ2v) is 4.20. The first-order chi connectivity index (χ1) is 6.08. The average Bonchev–Trinajstić information content (AvgIpc) is 2.26. The van der Waals surface area contributed by atoms with Crippen molar-refractivity contribution in [1.82, 2.24) is 0 Å². The molecular weight excluding hydrogens is 166 g/mol. The monoisotopic (exact) mass is 185 g/mol. The maximum atomic E-state index is 11.4. The summed E-state index contributed by atoms with van der Waals surface area (Å²) in [4.78, 5) is 11.4. The van der Waals surface area contributed by atoms with Crippen LogP contribution in [0.5, 0.6) is 0 Å². The Bertz CT molecular complexity index is 193.